The fourth-order valence-corrected chi connectivity index (χ4v) is 1.94. The molecule has 0 saturated heterocycles. The first-order valence-electron chi connectivity index (χ1n) is 8.22. The van der Waals surface area contributed by atoms with Gasteiger partial charge in [-0.2, -0.15) is 0 Å². The van der Waals surface area contributed by atoms with E-state index >= 15 is 0 Å². The SMILES string of the molecule is CC(C)COc1ccc(C(=O)CC(C)C)c(OCC(C)C)c1. The Morgan fingerprint density at radius 3 is 2.05 bits per heavy atom. The van der Waals surface area contributed by atoms with Gasteiger partial charge < -0.3 is 9.47 Å². The van der Waals surface area contributed by atoms with E-state index in [0.717, 1.165) is 5.75 Å². The molecular formula is C19H30O3. The molecule has 0 atom stereocenters. The van der Waals surface area contributed by atoms with Crippen LogP contribution in [-0.2, 0) is 0 Å². The first-order chi connectivity index (χ1) is 10.3. The normalized spacial score (nSPS) is 11.3. The number of ether oxygens (including phenoxy) is 2. The van der Waals surface area contributed by atoms with Crippen molar-refractivity contribution in [1.82, 2.24) is 0 Å². The van der Waals surface area contributed by atoms with E-state index in [1.165, 1.54) is 0 Å². The minimum absolute atomic E-state index is 0.129. The Morgan fingerprint density at radius 1 is 0.909 bits per heavy atom. The first kappa shape index (κ1) is 18.5. The van der Waals surface area contributed by atoms with Gasteiger partial charge in [-0.05, 0) is 29.9 Å². The highest BCUT2D eigenvalue weighted by Gasteiger charge is 2.16. The molecule has 124 valence electrons. The van der Waals surface area contributed by atoms with Gasteiger partial charge in [0.2, 0.25) is 0 Å². The fraction of sp³-hybridized carbons (Fsp3) is 0.632. The lowest BCUT2D eigenvalue weighted by molar-refractivity contribution is 0.0963. The third-order valence-electron chi connectivity index (χ3n) is 3.00. The summed E-state index contributed by atoms with van der Waals surface area (Å²) in [5.74, 6) is 2.73. The average molecular weight is 306 g/mol. The van der Waals surface area contributed by atoms with Gasteiger partial charge in [-0.15, -0.1) is 0 Å². The first-order valence-corrected chi connectivity index (χ1v) is 8.22. The van der Waals surface area contributed by atoms with E-state index in [1.807, 2.05) is 32.0 Å². The van der Waals surface area contributed by atoms with Gasteiger partial charge in [-0.3, -0.25) is 4.79 Å². The van der Waals surface area contributed by atoms with Gasteiger partial charge in [-0.1, -0.05) is 41.5 Å². The topological polar surface area (TPSA) is 35.5 Å². The zero-order chi connectivity index (χ0) is 16.7. The molecule has 1 aromatic carbocycles. The molecule has 22 heavy (non-hydrogen) atoms. The van der Waals surface area contributed by atoms with E-state index in [1.54, 1.807) is 0 Å². The number of Topliss-reactive ketones (excluding diaryl/α,β-unsaturated/α-hetero) is 1. The fourth-order valence-electron chi connectivity index (χ4n) is 1.94. The Balaban J connectivity index is 2.95. The summed E-state index contributed by atoms with van der Waals surface area (Å²) in [7, 11) is 0. The van der Waals surface area contributed by atoms with Gasteiger partial charge in [-0.25, -0.2) is 0 Å². The second-order valence-electron chi connectivity index (χ2n) is 7.09. The van der Waals surface area contributed by atoms with Crippen molar-refractivity contribution in [3.8, 4) is 11.5 Å². The van der Waals surface area contributed by atoms with Crippen molar-refractivity contribution >= 4 is 5.78 Å². The summed E-state index contributed by atoms with van der Waals surface area (Å²) in [5, 5.41) is 0. The van der Waals surface area contributed by atoms with Gasteiger partial charge in [0.15, 0.2) is 5.78 Å². The van der Waals surface area contributed by atoms with Crippen LogP contribution in [0, 0.1) is 17.8 Å². The molecule has 0 bridgehead atoms. The summed E-state index contributed by atoms with van der Waals surface area (Å²) in [6, 6.07) is 5.53. The number of hydrogen-bond donors (Lipinski definition) is 0. The molecule has 1 aromatic rings. The molecule has 0 aromatic heterocycles. The highest BCUT2D eigenvalue weighted by atomic mass is 16.5. The van der Waals surface area contributed by atoms with Crippen LogP contribution < -0.4 is 9.47 Å². The lowest BCUT2D eigenvalue weighted by atomic mass is 10.0. The molecule has 0 spiro atoms. The molecule has 0 fully saturated rings. The number of hydrogen-bond acceptors (Lipinski definition) is 3. The summed E-state index contributed by atoms with van der Waals surface area (Å²) in [6.45, 7) is 13.7. The molecular weight excluding hydrogens is 276 g/mol. The van der Waals surface area contributed by atoms with Crippen LogP contribution in [0.5, 0.6) is 11.5 Å². The van der Waals surface area contributed by atoms with Crippen LogP contribution >= 0.6 is 0 Å². The van der Waals surface area contributed by atoms with Crippen LogP contribution in [0.4, 0.5) is 0 Å². The second-order valence-corrected chi connectivity index (χ2v) is 7.09. The Hall–Kier alpha value is -1.51. The maximum Gasteiger partial charge on any atom is 0.166 e. The summed E-state index contributed by atoms with van der Waals surface area (Å²) < 4.78 is 11.6. The van der Waals surface area contributed by atoms with Gasteiger partial charge in [0.05, 0.1) is 18.8 Å². The molecule has 3 nitrogen and oxygen atoms in total. The van der Waals surface area contributed by atoms with E-state index in [2.05, 4.69) is 27.7 Å². The monoisotopic (exact) mass is 306 g/mol. The summed E-state index contributed by atoms with van der Waals surface area (Å²) >= 11 is 0. The molecule has 0 radical (unpaired) electrons. The highest BCUT2D eigenvalue weighted by Crippen LogP contribution is 2.28. The number of ketones is 1. The van der Waals surface area contributed by atoms with E-state index < -0.39 is 0 Å². The quantitative estimate of drug-likeness (QED) is 0.603. The average Bonchev–Trinajstić information content (AvgIpc) is 2.42. The highest BCUT2D eigenvalue weighted by molar-refractivity contribution is 5.99. The van der Waals surface area contributed by atoms with Crippen molar-refractivity contribution in [3.05, 3.63) is 23.8 Å². The Bertz CT molecular complexity index is 476. The lowest BCUT2D eigenvalue weighted by Gasteiger charge is -2.16. The smallest absolute Gasteiger partial charge is 0.166 e. The summed E-state index contributed by atoms with van der Waals surface area (Å²) in [6.07, 6.45) is 0.532. The molecule has 0 amide bonds. The van der Waals surface area contributed by atoms with Crippen molar-refractivity contribution in [3.63, 3.8) is 0 Å². The van der Waals surface area contributed by atoms with Gasteiger partial charge in [0.1, 0.15) is 11.5 Å². The van der Waals surface area contributed by atoms with E-state index in [4.69, 9.17) is 9.47 Å². The van der Waals surface area contributed by atoms with E-state index in [-0.39, 0.29) is 5.78 Å². The molecule has 0 aliphatic rings. The molecule has 0 aliphatic heterocycles. The van der Waals surface area contributed by atoms with Crippen LogP contribution in [0.15, 0.2) is 18.2 Å². The number of carbonyl (C=O) groups is 1. The third-order valence-corrected chi connectivity index (χ3v) is 3.00. The van der Waals surface area contributed by atoms with Crippen LogP contribution in [0.25, 0.3) is 0 Å². The molecule has 0 aliphatic carbocycles. The van der Waals surface area contributed by atoms with Crippen molar-refractivity contribution < 1.29 is 14.3 Å². The molecule has 0 N–H and O–H groups in total. The van der Waals surface area contributed by atoms with Crippen LogP contribution in [0.3, 0.4) is 0 Å². The van der Waals surface area contributed by atoms with Crippen LogP contribution in [0.2, 0.25) is 0 Å². The standard InChI is InChI=1S/C19H30O3/c1-13(2)9-18(20)17-8-7-16(21-11-14(3)4)10-19(17)22-12-15(5)6/h7-8,10,13-15H,9,11-12H2,1-6H3. The molecule has 3 heteroatoms. The predicted octanol–water partition coefficient (Wildman–Crippen LogP) is 4.99. The summed E-state index contributed by atoms with van der Waals surface area (Å²) in [5.41, 5.74) is 0.659. The molecule has 1 rings (SSSR count). The lowest BCUT2D eigenvalue weighted by Crippen LogP contribution is -2.11. The zero-order valence-corrected chi connectivity index (χ0v) is 14.8. The summed E-state index contributed by atoms with van der Waals surface area (Å²) in [4.78, 5) is 12.4. The molecule has 0 unspecified atom stereocenters. The maximum absolute atomic E-state index is 12.4. The second kappa shape index (κ2) is 8.82. The van der Waals surface area contributed by atoms with Crippen LogP contribution in [0.1, 0.15) is 58.3 Å². The predicted molar refractivity (Wildman–Crippen MR) is 90.9 cm³/mol. The molecule has 0 saturated carbocycles. The third kappa shape index (κ3) is 6.50. The van der Waals surface area contributed by atoms with Crippen molar-refractivity contribution in [2.24, 2.45) is 17.8 Å². The molecule has 0 heterocycles. The van der Waals surface area contributed by atoms with Crippen molar-refractivity contribution in [2.75, 3.05) is 13.2 Å². The Kier molecular flexibility index (Phi) is 7.43. The number of benzene rings is 1. The van der Waals surface area contributed by atoms with E-state index in [9.17, 15) is 4.79 Å². The van der Waals surface area contributed by atoms with E-state index in [0.29, 0.717) is 48.7 Å². The minimum Gasteiger partial charge on any atom is -0.493 e. The Labute approximate surface area is 135 Å². The Morgan fingerprint density at radius 2 is 1.50 bits per heavy atom. The van der Waals surface area contributed by atoms with Crippen molar-refractivity contribution in [1.29, 1.82) is 0 Å². The number of carbonyl (C=O) groups excluding carboxylic acids is 1. The maximum atomic E-state index is 12.4. The van der Waals surface area contributed by atoms with Gasteiger partial charge in [0, 0.05) is 12.5 Å². The minimum atomic E-state index is 0.129. The number of rotatable bonds is 9. The zero-order valence-electron chi connectivity index (χ0n) is 14.8. The van der Waals surface area contributed by atoms with Crippen molar-refractivity contribution in [2.45, 2.75) is 48.0 Å². The largest absolute Gasteiger partial charge is 0.493 e. The van der Waals surface area contributed by atoms with Gasteiger partial charge in [0.25, 0.3) is 0 Å². The van der Waals surface area contributed by atoms with Gasteiger partial charge >= 0.3 is 0 Å². The van der Waals surface area contributed by atoms with Crippen LogP contribution in [-0.4, -0.2) is 19.0 Å².